The quantitative estimate of drug-likeness (QED) is 0.718. The molecule has 1 rings (SSSR count). The highest BCUT2D eigenvalue weighted by atomic mass is 15.5. The van der Waals surface area contributed by atoms with Crippen molar-refractivity contribution in [1.29, 1.82) is 0 Å². The van der Waals surface area contributed by atoms with Crippen molar-refractivity contribution in [3.63, 3.8) is 0 Å². The lowest BCUT2D eigenvalue weighted by molar-refractivity contribution is 0.248. The summed E-state index contributed by atoms with van der Waals surface area (Å²) in [5, 5.41) is 2.14. The Morgan fingerprint density at radius 1 is 1.14 bits per heavy atom. The zero-order chi connectivity index (χ0) is 10.2. The largest absolute Gasteiger partial charge is 0.326 e. The minimum Gasteiger partial charge on any atom is -0.326 e. The van der Waals surface area contributed by atoms with Crippen molar-refractivity contribution in [2.75, 3.05) is 13.1 Å². The van der Waals surface area contributed by atoms with Gasteiger partial charge < -0.3 is 5.43 Å². The van der Waals surface area contributed by atoms with Gasteiger partial charge in [-0.25, -0.2) is 5.01 Å². The van der Waals surface area contributed by atoms with Crippen LogP contribution in [0.25, 0.3) is 6.08 Å². The van der Waals surface area contributed by atoms with E-state index in [2.05, 4.69) is 42.5 Å². The Bertz CT molecular complexity index is 263. The molecule has 0 bridgehead atoms. The molecule has 0 unspecified atom stereocenters. The monoisotopic (exact) mass is 190 g/mol. The fourth-order valence-corrected chi connectivity index (χ4v) is 1.21. The first-order valence-electron chi connectivity index (χ1n) is 5.09. The minimum absolute atomic E-state index is 1.01. The molecule has 0 aliphatic rings. The molecule has 1 N–H and O–H groups in total. The predicted molar refractivity (Wildman–Crippen MR) is 61.5 cm³/mol. The molecule has 0 atom stereocenters. The van der Waals surface area contributed by atoms with Crippen molar-refractivity contribution < 1.29 is 0 Å². The molecular weight excluding hydrogens is 172 g/mol. The van der Waals surface area contributed by atoms with Crippen molar-refractivity contribution in [2.45, 2.75) is 13.8 Å². The molecule has 0 amide bonds. The summed E-state index contributed by atoms with van der Waals surface area (Å²) >= 11 is 0. The molecule has 0 spiro atoms. The smallest absolute Gasteiger partial charge is 0.0150 e. The number of rotatable bonds is 5. The van der Waals surface area contributed by atoms with Crippen molar-refractivity contribution in [2.24, 2.45) is 0 Å². The highest BCUT2D eigenvalue weighted by Gasteiger charge is 1.91. The van der Waals surface area contributed by atoms with Crippen LogP contribution in [-0.4, -0.2) is 18.1 Å². The highest BCUT2D eigenvalue weighted by molar-refractivity contribution is 5.48. The van der Waals surface area contributed by atoms with Crippen LogP contribution in [0.2, 0.25) is 0 Å². The highest BCUT2D eigenvalue weighted by Crippen LogP contribution is 1.99. The number of nitrogens with one attached hydrogen (secondary N) is 1. The van der Waals surface area contributed by atoms with E-state index < -0.39 is 0 Å². The van der Waals surface area contributed by atoms with Gasteiger partial charge in [-0.2, -0.15) is 0 Å². The summed E-state index contributed by atoms with van der Waals surface area (Å²) < 4.78 is 0. The van der Waals surface area contributed by atoms with Crippen LogP contribution in [0.15, 0.2) is 36.5 Å². The van der Waals surface area contributed by atoms with Crippen LogP contribution < -0.4 is 5.43 Å². The standard InChI is InChI=1S/C12H18N2/c1-3-14(4-2)13-11-10-12-8-6-5-7-9-12/h5-11,13H,3-4H2,1-2H3. The number of benzene rings is 1. The average molecular weight is 190 g/mol. The molecule has 0 saturated carbocycles. The SMILES string of the molecule is CCN(CC)NC=Cc1ccccc1. The summed E-state index contributed by atoms with van der Waals surface area (Å²) in [4.78, 5) is 0. The number of hydrazine groups is 1. The third-order valence-corrected chi connectivity index (χ3v) is 2.10. The normalized spacial score (nSPS) is 11.1. The lowest BCUT2D eigenvalue weighted by atomic mass is 10.2. The molecule has 0 saturated heterocycles. The van der Waals surface area contributed by atoms with Crippen LogP contribution in [0, 0.1) is 0 Å². The van der Waals surface area contributed by atoms with Gasteiger partial charge in [0.15, 0.2) is 0 Å². The van der Waals surface area contributed by atoms with Gasteiger partial charge in [0.25, 0.3) is 0 Å². The van der Waals surface area contributed by atoms with Crippen molar-refractivity contribution in [1.82, 2.24) is 10.4 Å². The molecule has 2 nitrogen and oxygen atoms in total. The molecule has 0 radical (unpaired) electrons. The van der Waals surface area contributed by atoms with Gasteiger partial charge >= 0.3 is 0 Å². The number of nitrogens with zero attached hydrogens (tertiary/aromatic N) is 1. The maximum Gasteiger partial charge on any atom is 0.0150 e. The summed E-state index contributed by atoms with van der Waals surface area (Å²) in [6, 6.07) is 10.3. The lowest BCUT2D eigenvalue weighted by Gasteiger charge is -2.17. The third-order valence-electron chi connectivity index (χ3n) is 2.10. The maximum absolute atomic E-state index is 3.22. The average Bonchev–Trinajstić information content (AvgIpc) is 2.26. The molecule has 1 aromatic carbocycles. The summed E-state index contributed by atoms with van der Waals surface area (Å²) in [5.74, 6) is 0. The van der Waals surface area contributed by atoms with Crippen molar-refractivity contribution in [3.05, 3.63) is 42.1 Å². The number of hydrogen-bond donors (Lipinski definition) is 1. The fraction of sp³-hybridized carbons (Fsp3) is 0.333. The van der Waals surface area contributed by atoms with E-state index in [1.807, 2.05) is 24.4 Å². The molecular formula is C12H18N2. The first kappa shape index (κ1) is 10.8. The second-order valence-electron chi connectivity index (χ2n) is 3.05. The van der Waals surface area contributed by atoms with Crippen LogP contribution in [0.5, 0.6) is 0 Å². The first-order chi connectivity index (χ1) is 6.86. The van der Waals surface area contributed by atoms with Gasteiger partial charge in [0.2, 0.25) is 0 Å². The molecule has 2 heteroatoms. The Hall–Kier alpha value is -1.28. The van der Waals surface area contributed by atoms with Crippen LogP contribution in [0.4, 0.5) is 0 Å². The molecule has 76 valence electrons. The molecule has 1 aromatic rings. The maximum atomic E-state index is 3.22. The Morgan fingerprint density at radius 2 is 1.79 bits per heavy atom. The van der Waals surface area contributed by atoms with Gasteiger partial charge in [-0.1, -0.05) is 44.2 Å². The van der Waals surface area contributed by atoms with Crippen LogP contribution in [-0.2, 0) is 0 Å². The van der Waals surface area contributed by atoms with Crippen LogP contribution >= 0.6 is 0 Å². The second-order valence-corrected chi connectivity index (χ2v) is 3.05. The molecule has 14 heavy (non-hydrogen) atoms. The van der Waals surface area contributed by atoms with E-state index in [4.69, 9.17) is 0 Å². The Labute approximate surface area is 86.2 Å². The van der Waals surface area contributed by atoms with Gasteiger partial charge in [-0.3, -0.25) is 0 Å². The van der Waals surface area contributed by atoms with Crippen molar-refractivity contribution >= 4 is 6.08 Å². The van der Waals surface area contributed by atoms with E-state index >= 15 is 0 Å². The number of hydrogen-bond acceptors (Lipinski definition) is 2. The predicted octanol–water partition coefficient (Wildman–Crippen LogP) is 2.50. The van der Waals surface area contributed by atoms with E-state index in [9.17, 15) is 0 Å². The van der Waals surface area contributed by atoms with Gasteiger partial charge in [0.05, 0.1) is 0 Å². The molecule has 0 heterocycles. The van der Waals surface area contributed by atoms with Gasteiger partial charge in [0.1, 0.15) is 0 Å². The van der Waals surface area contributed by atoms with E-state index in [0.717, 1.165) is 13.1 Å². The Kier molecular flexibility index (Phi) is 4.79. The van der Waals surface area contributed by atoms with E-state index in [-0.39, 0.29) is 0 Å². The van der Waals surface area contributed by atoms with Gasteiger partial charge in [-0.05, 0) is 11.6 Å². The minimum atomic E-state index is 1.01. The molecule has 0 aromatic heterocycles. The summed E-state index contributed by atoms with van der Waals surface area (Å²) in [7, 11) is 0. The third kappa shape index (κ3) is 3.62. The van der Waals surface area contributed by atoms with E-state index in [1.165, 1.54) is 5.56 Å². The van der Waals surface area contributed by atoms with E-state index in [1.54, 1.807) is 0 Å². The first-order valence-corrected chi connectivity index (χ1v) is 5.09. The van der Waals surface area contributed by atoms with Gasteiger partial charge in [-0.15, -0.1) is 0 Å². The zero-order valence-electron chi connectivity index (χ0n) is 8.90. The fourth-order valence-electron chi connectivity index (χ4n) is 1.21. The summed E-state index contributed by atoms with van der Waals surface area (Å²) in [5.41, 5.74) is 4.44. The Morgan fingerprint density at radius 3 is 2.36 bits per heavy atom. The molecule has 0 aliphatic heterocycles. The molecule has 0 fully saturated rings. The molecule has 0 aliphatic carbocycles. The lowest BCUT2D eigenvalue weighted by Crippen LogP contribution is -2.33. The van der Waals surface area contributed by atoms with Crippen LogP contribution in [0.3, 0.4) is 0 Å². The summed E-state index contributed by atoms with van der Waals surface area (Å²) in [6.45, 7) is 6.28. The van der Waals surface area contributed by atoms with Gasteiger partial charge in [0, 0.05) is 19.3 Å². The zero-order valence-corrected chi connectivity index (χ0v) is 8.90. The Balaban J connectivity index is 2.41. The summed E-state index contributed by atoms with van der Waals surface area (Å²) in [6.07, 6.45) is 4.04. The van der Waals surface area contributed by atoms with Crippen molar-refractivity contribution in [3.8, 4) is 0 Å². The topological polar surface area (TPSA) is 15.3 Å². The van der Waals surface area contributed by atoms with E-state index in [0.29, 0.717) is 0 Å². The second kappa shape index (κ2) is 6.22. The van der Waals surface area contributed by atoms with Crippen LogP contribution in [0.1, 0.15) is 19.4 Å².